The lowest BCUT2D eigenvalue weighted by Crippen LogP contribution is -2.29. The van der Waals surface area contributed by atoms with Crippen LogP contribution in [0.4, 0.5) is 11.5 Å². The Morgan fingerprint density at radius 3 is 2.61 bits per heavy atom. The first-order valence-corrected chi connectivity index (χ1v) is 5.98. The third kappa shape index (κ3) is 2.66. The largest absolute Gasteiger partial charge is 0.384 e. The van der Waals surface area contributed by atoms with E-state index in [-0.39, 0.29) is 16.5 Å². The van der Waals surface area contributed by atoms with Gasteiger partial charge in [0.15, 0.2) is 5.11 Å². The van der Waals surface area contributed by atoms with Gasteiger partial charge in [0.05, 0.1) is 10.0 Å². The second-order valence-electron chi connectivity index (χ2n) is 3.44. The van der Waals surface area contributed by atoms with Gasteiger partial charge in [-0.25, -0.2) is 0 Å². The van der Waals surface area contributed by atoms with Crippen LogP contribution in [0.25, 0.3) is 0 Å². The Balaban J connectivity index is 2.24. The number of rotatable bonds is 1. The molecule has 0 aliphatic carbocycles. The number of H-pyrrole nitrogens is 1. The van der Waals surface area contributed by atoms with Crippen LogP contribution >= 0.6 is 35.4 Å². The number of nitrogens with one attached hydrogen (secondary N) is 2. The Bertz CT molecular complexity index is 664. The zero-order valence-electron chi connectivity index (χ0n) is 8.91. The number of benzene rings is 1. The van der Waals surface area contributed by atoms with Crippen molar-refractivity contribution >= 4 is 52.0 Å². The third-order valence-corrected chi connectivity index (χ3v) is 3.14. The van der Waals surface area contributed by atoms with Gasteiger partial charge in [-0.1, -0.05) is 23.2 Å². The lowest BCUT2D eigenvalue weighted by atomic mass is 10.3. The van der Waals surface area contributed by atoms with Crippen LogP contribution in [0, 0.1) is 0 Å². The molecule has 0 radical (unpaired) electrons. The summed E-state index contributed by atoms with van der Waals surface area (Å²) in [5.74, 6) is 0.235. The number of nitrogens with zero attached hydrogens (tertiary/aromatic N) is 1. The highest BCUT2D eigenvalue weighted by Gasteiger charge is 2.07. The Morgan fingerprint density at radius 2 is 2.06 bits per heavy atom. The Kier molecular flexibility index (Phi) is 3.60. The summed E-state index contributed by atoms with van der Waals surface area (Å²) in [6, 6.07) is 6.16. The van der Waals surface area contributed by atoms with Gasteiger partial charge in [-0.2, -0.15) is 4.68 Å². The van der Waals surface area contributed by atoms with E-state index in [0.717, 1.165) is 4.68 Å². The summed E-state index contributed by atoms with van der Waals surface area (Å²) in [7, 11) is 0. The topological polar surface area (TPSA) is 75.8 Å². The van der Waals surface area contributed by atoms with Crippen molar-refractivity contribution < 1.29 is 0 Å². The standard InChI is InChI=1S/C10H8Cl2N4OS/c11-6-2-1-5(3-7(6)12)14-10(18)16-9(17)4-8(13)15-16/h1-4,15H,13H2,(H,14,18). The molecule has 18 heavy (non-hydrogen) atoms. The number of thiocarbonyl (C=S) groups is 1. The SMILES string of the molecule is Nc1cc(=O)n(C(=S)Nc2ccc(Cl)c(Cl)c2)[nH]1. The van der Waals surface area contributed by atoms with E-state index >= 15 is 0 Å². The molecule has 1 aromatic heterocycles. The average molecular weight is 303 g/mol. The molecule has 0 aliphatic heterocycles. The van der Waals surface area contributed by atoms with E-state index < -0.39 is 0 Å². The molecule has 0 spiro atoms. The van der Waals surface area contributed by atoms with E-state index in [1.165, 1.54) is 6.07 Å². The Morgan fingerprint density at radius 1 is 1.33 bits per heavy atom. The molecule has 1 aromatic carbocycles. The molecule has 0 bridgehead atoms. The van der Waals surface area contributed by atoms with E-state index in [1.807, 2.05) is 0 Å². The molecular formula is C10H8Cl2N4OS. The van der Waals surface area contributed by atoms with Gasteiger partial charge in [0.25, 0.3) is 5.56 Å². The summed E-state index contributed by atoms with van der Waals surface area (Å²) in [6.45, 7) is 0. The van der Waals surface area contributed by atoms with Crippen molar-refractivity contribution in [1.82, 2.24) is 9.78 Å². The van der Waals surface area contributed by atoms with Crippen LogP contribution in [0.1, 0.15) is 0 Å². The van der Waals surface area contributed by atoms with E-state index in [0.29, 0.717) is 15.7 Å². The van der Waals surface area contributed by atoms with Crippen molar-refractivity contribution in [2.75, 3.05) is 11.1 Å². The van der Waals surface area contributed by atoms with E-state index in [9.17, 15) is 4.79 Å². The number of nitrogens with two attached hydrogens (primary N) is 1. The van der Waals surface area contributed by atoms with Crippen LogP contribution in [0.15, 0.2) is 29.1 Å². The first-order chi connectivity index (χ1) is 8.47. The number of aromatic amines is 1. The lowest BCUT2D eigenvalue weighted by molar-refractivity contribution is 0.919. The molecule has 4 N–H and O–H groups in total. The summed E-state index contributed by atoms with van der Waals surface area (Å²) in [6.07, 6.45) is 0. The van der Waals surface area contributed by atoms with E-state index in [2.05, 4.69) is 10.4 Å². The summed E-state index contributed by atoms with van der Waals surface area (Å²) >= 11 is 16.7. The molecule has 5 nitrogen and oxygen atoms in total. The highest BCUT2D eigenvalue weighted by molar-refractivity contribution is 7.80. The minimum Gasteiger partial charge on any atom is -0.384 e. The van der Waals surface area contributed by atoms with Crippen LogP contribution in [0.2, 0.25) is 10.0 Å². The summed E-state index contributed by atoms with van der Waals surface area (Å²) in [5, 5.41) is 6.45. The smallest absolute Gasteiger partial charge is 0.275 e. The third-order valence-electron chi connectivity index (χ3n) is 2.11. The maximum absolute atomic E-state index is 11.5. The number of halogens is 2. The summed E-state index contributed by atoms with van der Waals surface area (Å²) in [4.78, 5) is 11.5. The first kappa shape index (κ1) is 12.9. The van der Waals surface area contributed by atoms with Crippen molar-refractivity contribution in [3.63, 3.8) is 0 Å². The highest BCUT2D eigenvalue weighted by atomic mass is 35.5. The van der Waals surface area contributed by atoms with Gasteiger partial charge in [0.2, 0.25) is 0 Å². The predicted octanol–water partition coefficient (Wildman–Crippen LogP) is 2.31. The van der Waals surface area contributed by atoms with Crippen LogP contribution in [0.3, 0.4) is 0 Å². The maximum Gasteiger partial charge on any atom is 0.275 e. The normalized spacial score (nSPS) is 10.3. The second kappa shape index (κ2) is 5.01. The quantitative estimate of drug-likeness (QED) is 0.707. The molecule has 0 saturated heterocycles. The predicted molar refractivity (Wildman–Crippen MR) is 77.5 cm³/mol. The van der Waals surface area contributed by atoms with Crippen LogP contribution < -0.4 is 16.6 Å². The molecule has 0 unspecified atom stereocenters. The van der Waals surface area contributed by atoms with Gasteiger partial charge >= 0.3 is 0 Å². The van der Waals surface area contributed by atoms with Crippen LogP contribution in [-0.4, -0.2) is 14.9 Å². The van der Waals surface area contributed by atoms with Gasteiger partial charge in [0.1, 0.15) is 5.82 Å². The minimum atomic E-state index is -0.343. The molecule has 0 aliphatic rings. The van der Waals surface area contributed by atoms with Crippen molar-refractivity contribution in [2.24, 2.45) is 0 Å². The zero-order chi connectivity index (χ0) is 13.3. The molecule has 1 heterocycles. The van der Waals surface area contributed by atoms with E-state index in [1.54, 1.807) is 18.2 Å². The summed E-state index contributed by atoms with van der Waals surface area (Å²) in [5.41, 5.74) is 5.73. The fourth-order valence-corrected chi connectivity index (χ4v) is 1.87. The van der Waals surface area contributed by atoms with Crippen molar-refractivity contribution in [1.29, 1.82) is 0 Å². The molecule has 0 amide bonds. The molecule has 0 atom stereocenters. The second-order valence-corrected chi connectivity index (χ2v) is 4.65. The Labute approximate surface area is 117 Å². The number of hydrogen-bond acceptors (Lipinski definition) is 3. The molecule has 0 fully saturated rings. The molecule has 2 rings (SSSR count). The fraction of sp³-hybridized carbons (Fsp3) is 0. The number of aromatic nitrogens is 2. The first-order valence-electron chi connectivity index (χ1n) is 4.81. The van der Waals surface area contributed by atoms with Crippen molar-refractivity contribution in [3.8, 4) is 0 Å². The molecule has 0 saturated carbocycles. The van der Waals surface area contributed by atoms with Crippen molar-refractivity contribution in [2.45, 2.75) is 0 Å². The highest BCUT2D eigenvalue weighted by Crippen LogP contribution is 2.24. The van der Waals surface area contributed by atoms with E-state index in [4.69, 9.17) is 41.2 Å². The Hall–Kier alpha value is -1.50. The molecular weight excluding hydrogens is 295 g/mol. The average Bonchev–Trinajstić information content (AvgIpc) is 2.63. The van der Waals surface area contributed by atoms with Gasteiger partial charge in [-0.3, -0.25) is 9.89 Å². The minimum absolute atomic E-state index is 0.162. The monoisotopic (exact) mass is 302 g/mol. The number of nitrogen functional groups attached to an aromatic ring is 1. The van der Waals surface area contributed by atoms with Crippen LogP contribution in [-0.2, 0) is 0 Å². The molecule has 8 heteroatoms. The van der Waals surface area contributed by atoms with Gasteiger partial charge in [0, 0.05) is 11.8 Å². The fourth-order valence-electron chi connectivity index (χ4n) is 1.32. The molecule has 94 valence electrons. The van der Waals surface area contributed by atoms with Gasteiger partial charge in [-0.15, -0.1) is 0 Å². The van der Waals surface area contributed by atoms with Crippen LogP contribution in [0.5, 0.6) is 0 Å². The maximum atomic E-state index is 11.5. The van der Waals surface area contributed by atoms with Gasteiger partial charge in [-0.05, 0) is 30.4 Å². The molecule has 2 aromatic rings. The lowest BCUT2D eigenvalue weighted by Gasteiger charge is -2.08. The van der Waals surface area contributed by atoms with Gasteiger partial charge < -0.3 is 11.1 Å². The number of anilines is 2. The zero-order valence-corrected chi connectivity index (χ0v) is 11.2. The summed E-state index contributed by atoms with van der Waals surface area (Å²) < 4.78 is 1.12. The number of hydrogen-bond donors (Lipinski definition) is 3. The van der Waals surface area contributed by atoms with Crippen molar-refractivity contribution in [3.05, 3.63) is 44.7 Å².